The SMILES string of the molecule is NC(=O)C[C@@H](C(N)=O)N1CCCC1=O. The normalized spacial score (nSPS) is 18.3. The Morgan fingerprint density at radius 1 is 1.43 bits per heavy atom. The average molecular weight is 199 g/mol. The lowest BCUT2D eigenvalue weighted by molar-refractivity contribution is -0.137. The fourth-order valence-corrected chi connectivity index (χ4v) is 1.55. The highest BCUT2D eigenvalue weighted by molar-refractivity contribution is 5.91. The standard InChI is InChI=1S/C8H13N3O3/c9-6(12)4-5(8(10)14)11-3-1-2-7(11)13/h5H,1-4H2,(H2,9,12)(H2,10,14)/t5-/m0/s1. The van der Waals surface area contributed by atoms with E-state index in [-0.39, 0.29) is 12.3 Å². The molecule has 1 aliphatic heterocycles. The molecule has 0 aliphatic carbocycles. The van der Waals surface area contributed by atoms with Crippen molar-refractivity contribution in [1.29, 1.82) is 0 Å². The minimum Gasteiger partial charge on any atom is -0.370 e. The molecule has 0 aromatic heterocycles. The highest BCUT2D eigenvalue weighted by Gasteiger charge is 2.32. The monoisotopic (exact) mass is 199 g/mol. The molecule has 3 amide bonds. The number of likely N-dealkylation sites (tertiary alicyclic amines) is 1. The Morgan fingerprint density at radius 2 is 2.07 bits per heavy atom. The Hall–Kier alpha value is -1.59. The van der Waals surface area contributed by atoms with Gasteiger partial charge in [-0.3, -0.25) is 14.4 Å². The summed E-state index contributed by atoms with van der Waals surface area (Å²) in [5.74, 6) is -1.46. The van der Waals surface area contributed by atoms with Crippen molar-refractivity contribution in [1.82, 2.24) is 4.90 Å². The summed E-state index contributed by atoms with van der Waals surface area (Å²) in [7, 11) is 0. The number of nitrogens with two attached hydrogens (primary N) is 2. The molecule has 4 N–H and O–H groups in total. The zero-order valence-electron chi connectivity index (χ0n) is 7.73. The number of rotatable bonds is 4. The van der Waals surface area contributed by atoms with Crippen LogP contribution in [-0.2, 0) is 14.4 Å². The third-order valence-corrected chi connectivity index (χ3v) is 2.21. The van der Waals surface area contributed by atoms with Gasteiger partial charge in [0.25, 0.3) is 0 Å². The number of hydrogen-bond acceptors (Lipinski definition) is 3. The van der Waals surface area contributed by atoms with Crippen LogP contribution in [0.4, 0.5) is 0 Å². The highest BCUT2D eigenvalue weighted by Crippen LogP contribution is 2.15. The predicted molar refractivity (Wildman–Crippen MR) is 47.7 cm³/mol. The maximum absolute atomic E-state index is 11.3. The molecule has 6 nitrogen and oxygen atoms in total. The van der Waals surface area contributed by atoms with Gasteiger partial charge in [0.05, 0.1) is 6.42 Å². The number of primary amides is 2. The highest BCUT2D eigenvalue weighted by atomic mass is 16.2. The maximum Gasteiger partial charge on any atom is 0.240 e. The van der Waals surface area contributed by atoms with Gasteiger partial charge in [0.1, 0.15) is 6.04 Å². The summed E-state index contributed by atoms with van der Waals surface area (Å²) in [6.07, 6.45) is 0.908. The van der Waals surface area contributed by atoms with E-state index >= 15 is 0 Å². The first-order valence-electron chi connectivity index (χ1n) is 4.39. The molecule has 0 aromatic rings. The molecule has 0 aromatic carbocycles. The van der Waals surface area contributed by atoms with Crippen molar-refractivity contribution < 1.29 is 14.4 Å². The molecule has 1 fully saturated rings. The van der Waals surface area contributed by atoms with Gasteiger partial charge in [-0.2, -0.15) is 0 Å². The maximum atomic E-state index is 11.3. The van der Waals surface area contributed by atoms with Gasteiger partial charge in [0.2, 0.25) is 17.7 Å². The summed E-state index contributed by atoms with van der Waals surface area (Å²) in [4.78, 5) is 34.2. The van der Waals surface area contributed by atoms with Gasteiger partial charge in [-0.1, -0.05) is 0 Å². The summed E-state index contributed by atoms with van der Waals surface area (Å²) in [6, 6.07) is -0.873. The largest absolute Gasteiger partial charge is 0.370 e. The van der Waals surface area contributed by atoms with Crippen LogP contribution < -0.4 is 11.5 Å². The van der Waals surface area contributed by atoms with Crippen molar-refractivity contribution in [3.63, 3.8) is 0 Å². The molecule has 1 aliphatic rings. The smallest absolute Gasteiger partial charge is 0.240 e. The molecule has 1 heterocycles. The van der Waals surface area contributed by atoms with Crippen molar-refractivity contribution in [3.8, 4) is 0 Å². The minimum absolute atomic E-state index is 0.143. The first kappa shape index (κ1) is 10.5. The van der Waals surface area contributed by atoms with Crippen LogP contribution in [0.2, 0.25) is 0 Å². The van der Waals surface area contributed by atoms with Crippen molar-refractivity contribution in [3.05, 3.63) is 0 Å². The second-order valence-electron chi connectivity index (χ2n) is 3.28. The molecule has 1 atom stereocenters. The Labute approximate surface area is 81.2 Å². The van der Waals surface area contributed by atoms with E-state index in [0.717, 1.165) is 0 Å². The van der Waals surface area contributed by atoms with E-state index in [0.29, 0.717) is 19.4 Å². The molecule has 0 bridgehead atoms. The summed E-state index contributed by atoms with van der Waals surface area (Å²) < 4.78 is 0. The van der Waals surface area contributed by atoms with Gasteiger partial charge in [-0.25, -0.2) is 0 Å². The molecular weight excluding hydrogens is 186 g/mol. The van der Waals surface area contributed by atoms with Gasteiger partial charge >= 0.3 is 0 Å². The molecule has 0 spiro atoms. The zero-order chi connectivity index (χ0) is 10.7. The van der Waals surface area contributed by atoms with Crippen molar-refractivity contribution in [2.45, 2.75) is 25.3 Å². The molecular formula is C8H13N3O3. The molecule has 1 saturated heterocycles. The summed E-state index contributed by atoms with van der Waals surface area (Å²) >= 11 is 0. The number of carbonyl (C=O) groups excluding carboxylic acids is 3. The molecule has 0 radical (unpaired) electrons. The lowest BCUT2D eigenvalue weighted by atomic mass is 10.1. The van der Waals surface area contributed by atoms with E-state index < -0.39 is 17.9 Å². The summed E-state index contributed by atoms with van der Waals surface area (Å²) in [5, 5.41) is 0. The van der Waals surface area contributed by atoms with Crippen LogP contribution in [0.1, 0.15) is 19.3 Å². The van der Waals surface area contributed by atoms with E-state index in [1.165, 1.54) is 4.90 Å². The van der Waals surface area contributed by atoms with Gasteiger partial charge in [-0.15, -0.1) is 0 Å². The molecule has 78 valence electrons. The van der Waals surface area contributed by atoms with E-state index in [9.17, 15) is 14.4 Å². The Bertz CT molecular complexity index is 277. The second-order valence-corrected chi connectivity index (χ2v) is 3.28. The predicted octanol–water partition coefficient (Wildman–Crippen LogP) is -1.66. The lowest BCUT2D eigenvalue weighted by Crippen LogP contribution is -2.47. The van der Waals surface area contributed by atoms with Gasteiger partial charge in [0, 0.05) is 13.0 Å². The van der Waals surface area contributed by atoms with E-state index in [1.807, 2.05) is 0 Å². The quantitative estimate of drug-likeness (QED) is 0.565. The minimum atomic E-state index is -0.873. The topological polar surface area (TPSA) is 106 Å². The van der Waals surface area contributed by atoms with E-state index in [1.54, 1.807) is 0 Å². The van der Waals surface area contributed by atoms with Crippen LogP contribution in [0.3, 0.4) is 0 Å². The van der Waals surface area contributed by atoms with E-state index in [4.69, 9.17) is 11.5 Å². The Balaban J connectivity index is 2.71. The second kappa shape index (κ2) is 4.08. The third kappa shape index (κ3) is 2.21. The third-order valence-electron chi connectivity index (χ3n) is 2.21. The molecule has 1 rings (SSSR count). The van der Waals surface area contributed by atoms with Gasteiger partial charge in [-0.05, 0) is 6.42 Å². The average Bonchev–Trinajstić information content (AvgIpc) is 2.46. The number of hydrogen-bond donors (Lipinski definition) is 2. The van der Waals surface area contributed by atoms with Crippen LogP contribution in [0.15, 0.2) is 0 Å². The lowest BCUT2D eigenvalue weighted by Gasteiger charge is -2.23. The molecule has 0 saturated carbocycles. The summed E-state index contributed by atoms with van der Waals surface area (Å²) in [5.41, 5.74) is 10.0. The first-order valence-corrected chi connectivity index (χ1v) is 4.39. The zero-order valence-corrected chi connectivity index (χ0v) is 7.73. The number of nitrogens with zero attached hydrogens (tertiary/aromatic N) is 1. The fraction of sp³-hybridized carbons (Fsp3) is 0.625. The van der Waals surface area contributed by atoms with E-state index in [2.05, 4.69) is 0 Å². The number of carbonyl (C=O) groups is 3. The van der Waals surface area contributed by atoms with Crippen LogP contribution >= 0.6 is 0 Å². The van der Waals surface area contributed by atoms with Crippen molar-refractivity contribution >= 4 is 17.7 Å². The molecule has 0 unspecified atom stereocenters. The van der Waals surface area contributed by atoms with Gasteiger partial charge < -0.3 is 16.4 Å². The van der Waals surface area contributed by atoms with Crippen LogP contribution in [0.5, 0.6) is 0 Å². The van der Waals surface area contributed by atoms with Crippen LogP contribution in [0, 0.1) is 0 Å². The van der Waals surface area contributed by atoms with Crippen LogP contribution in [-0.4, -0.2) is 35.2 Å². The first-order chi connectivity index (χ1) is 6.52. The molecule has 14 heavy (non-hydrogen) atoms. The summed E-state index contributed by atoms with van der Waals surface area (Å²) in [6.45, 7) is 0.472. The van der Waals surface area contributed by atoms with Crippen molar-refractivity contribution in [2.24, 2.45) is 11.5 Å². The Kier molecular flexibility index (Phi) is 3.06. The van der Waals surface area contributed by atoms with Crippen molar-refractivity contribution in [2.75, 3.05) is 6.54 Å². The van der Waals surface area contributed by atoms with Crippen LogP contribution in [0.25, 0.3) is 0 Å². The fourth-order valence-electron chi connectivity index (χ4n) is 1.55. The Morgan fingerprint density at radius 3 is 2.43 bits per heavy atom. The number of amides is 3. The van der Waals surface area contributed by atoms with Gasteiger partial charge in [0.15, 0.2) is 0 Å². The molecule has 6 heteroatoms.